The van der Waals surface area contributed by atoms with Crippen molar-refractivity contribution >= 4 is 34.7 Å². The van der Waals surface area contributed by atoms with E-state index >= 15 is 0 Å². The van der Waals surface area contributed by atoms with E-state index in [1.165, 1.54) is 4.90 Å². The number of halogens is 1. The van der Waals surface area contributed by atoms with Crippen molar-refractivity contribution in [2.24, 2.45) is 0 Å². The van der Waals surface area contributed by atoms with Gasteiger partial charge in [0.1, 0.15) is 5.15 Å². The molecule has 0 N–H and O–H groups in total. The molecule has 0 saturated heterocycles. The molecule has 0 radical (unpaired) electrons. The molecule has 0 bridgehead atoms. The van der Waals surface area contributed by atoms with Gasteiger partial charge in [0.25, 0.3) is 0 Å². The van der Waals surface area contributed by atoms with E-state index in [0.717, 1.165) is 22.5 Å². The molecule has 0 saturated carbocycles. The van der Waals surface area contributed by atoms with E-state index in [2.05, 4.69) is 62.5 Å². The highest BCUT2D eigenvalue weighted by molar-refractivity contribution is 7.98. The third-order valence-corrected chi connectivity index (χ3v) is 5.53. The third-order valence-electron chi connectivity index (χ3n) is 4.58. The molecule has 0 fully saturated rings. The Hall–Kier alpha value is -2.89. The van der Waals surface area contributed by atoms with Gasteiger partial charge >= 0.3 is 0 Å². The Morgan fingerprint density at radius 1 is 0.828 bits per heavy atom. The summed E-state index contributed by atoms with van der Waals surface area (Å²) in [6.07, 6.45) is 11.2. The first-order valence-electron chi connectivity index (χ1n) is 9.11. The number of anilines is 2. The molecule has 0 aliphatic heterocycles. The average Bonchev–Trinajstić information content (AvgIpc) is 2.79. The van der Waals surface area contributed by atoms with Crippen molar-refractivity contribution in [3.63, 3.8) is 0 Å². The van der Waals surface area contributed by atoms with Gasteiger partial charge in [0, 0.05) is 35.4 Å². The first-order chi connectivity index (χ1) is 14.3. The van der Waals surface area contributed by atoms with Gasteiger partial charge in [0.15, 0.2) is 0 Å². The van der Waals surface area contributed by atoms with Crippen LogP contribution in [0.5, 0.6) is 0 Å². The SMILES string of the molecule is CSc1cccc(N(c2ccc(Cl)nc2)C(c2cccnc2)c2cccnc2)c1. The van der Waals surface area contributed by atoms with Crippen LogP contribution in [0.25, 0.3) is 0 Å². The molecule has 0 unspecified atom stereocenters. The van der Waals surface area contributed by atoms with Crippen molar-refractivity contribution in [1.82, 2.24) is 15.0 Å². The minimum Gasteiger partial charge on any atom is -0.328 e. The number of benzene rings is 1. The van der Waals surface area contributed by atoms with Crippen LogP contribution in [-0.2, 0) is 0 Å². The zero-order chi connectivity index (χ0) is 20.1. The summed E-state index contributed by atoms with van der Waals surface area (Å²) in [5.74, 6) is 0. The largest absolute Gasteiger partial charge is 0.328 e. The zero-order valence-corrected chi connectivity index (χ0v) is 17.4. The van der Waals surface area contributed by atoms with Crippen LogP contribution < -0.4 is 4.90 Å². The fourth-order valence-electron chi connectivity index (χ4n) is 3.28. The summed E-state index contributed by atoms with van der Waals surface area (Å²) in [7, 11) is 0. The second-order valence-corrected chi connectivity index (χ2v) is 7.65. The molecule has 144 valence electrons. The minimum atomic E-state index is -0.127. The molecule has 3 aromatic heterocycles. The van der Waals surface area contributed by atoms with E-state index in [-0.39, 0.29) is 6.04 Å². The maximum absolute atomic E-state index is 6.07. The highest BCUT2D eigenvalue weighted by atomic mass is 35.5. The Morgan fingerprint density at radius 2 is 1.55 bits per heavy atom. The van der Waals surface area contributed by atoms with Crippen molar-refractivity contribution in [3.8, 4) is 0 Å². The van der Waals surface area contributed by atoms with Gasteiger partial charge in [-0.25, -0.2) is 4.98 Å². The van der Waals surface area contributed by atoms with Crippen LogP contribution in [0.1, 0.15) is 17.2 Å². The van der Waals surface area contributed by atoms with Crippen LogP contribution in [0.15, 0.2) is 96.5 Å². The maximum Gasteiger partial charge on any atom is 0.129 e. The van der Waals surface area contributed by atoms with E-state index < -0.39 is 0 Å². The summed E-state index contributed by atoms with van der Waals surface area (Å²) in [6, 6.07) is 20.2. The van der Waals surface area contributed by atoms with Crippen molar-refractivity contribution in [1.29, 1.82) is 0 Å². The average molecular weight is 419 g/mol. The molecule has 0 aliphatic rings. The highest BCUT2D eigenvalue weighted by Gasteiger charge is 2.25. The van der Waals surface area contributed by atoms with Crippen molar-refractivity contribution < 1.29 is 0 Å². The Kier molecular flexibility index (Phi) is 6.08. The van der Waals surface area contributed by atoms with Gasteiger partial charge < -0.3 is 4.90 Å². The van der Waals surface area contributed by atoms with Gasteiger partial charge in [-0.3, -0.25) is 9.97 Å². The van der Waals surface area contributed by atoms with Gasteiger partial charge in [-0.15, -0.1) is 11.8 Å². The number of aromatic nitrogens is 3. The van der Waals surface area contributed by atoms with E-state index in [4.69, 9.17) is 11.6 Å². The fraction of sp³-hybridized carbons (Fsp3) is 0.0870. The van der Waals surface area contributed by atoms with Gasteiger partial charge in [0.2, 0.25) is 0 Å². The second-order valence-electron chi connectivity index (χ2n) is 6.39. The molecular weight excluding hydrogens is 400 g/mol. The normalized spacial score (nSPS) is 10.9. The lowest BCUT2D eigenvalue weighted by Crippen LogP contribution is -2.25. The number of hydrogen-bond acceptors (Lipinski definition) is 5. The summed E-state index contributed by atoms with van der Waals surface area (Å²) >= 11 is 7.78. The number of nitrogens with zero attached hydrogens (tertiary/aromatic N) is 4. The molecule has 3 heterocycles. The molecule has 0 amide bonds. The number of hydrogen-bond donors (Lipinski definition) is 0. The van der Waals surface area contributed by atoms with Gasteiger partial charge in [-0.05, 0) is 59.8 Å². The molecular formula is C23H19ClN4S. The van der Waals surface area contributed by atoms with Crippen molar-refractivity contribution in [3.05, 3.63) is 108 Å². The molecule has 4 nitrogen and oxygen atoms in total. The molecule has 0 atom stereocenters. The smallest absolute Gasteiger partial charge is 0.129 e. The topological polar surface area (TPSA) is 41.9 Å². The van der Waals surface area contributed by atoms with Crippen LogP contribution in [0.2, 0.25) is 5.15 Å². The fourth-order valence-corrected chi connectivity index (χ4v) is 3.85. The molecule has 29 heavy (non-hydrogen) atoms. The lowest BCUT2D eigenvalue weighted by Gasteiger charge is -2.34. The van der Waals surface area contributed by atoms with E-state index in [0.29, 0.717) is 5.15 Å². The number of pyridine rings is 3. The molecule has 4 aromatic rings. The van der Waals surface area contributed by atoms with E-state index in [1.54, 1.807) is 30.4 Å². The molecule has 1 aromatic carbocycles. The Morgan fingerprint density at radius 3 is 2.10 bits per heavy atom. The van der Waals surface area contributed by atoms with Crippen LogP contribution >= 0.6 is 23.4 Å². The first kappa shape index (κ1) is 19.4. The Bertz CT molecular complexity index is 1020. The quantitative estimate of drug-likeness (QED) is 0.276. The Labute approximate surface area is 179 Å². The van der Waals surface area contributed by atoms with Crippen molar-refractivity contribution in [2.45, 2.75) is 10.9 Å². The molecule has 0 spiro atoms. The minimum absolute atomic E-state index is 0.127. The van der Waals surface area contributed by atoms with E-state index in [9.17, 15) is 0 Å². The summed E-state index contributed by atoms with van der Waals surface area (Å²) in [4.78, 5) is 16.5. The lowest BCUT2D eigenvalue weighted by molar-refractivity contribution is 0.805. The van der Waals surface area contributed by atoms with Gasteiger partial charge in [-0.1, -0.05) is 29.8 Å². The van der Waals surface area contributed by atoms with Crippen LogP contribution in [0.4, 0.5) is 11.4 Å². The number of rotatable bonds is 6. The highest BCUT2D eigenvalue weighted by Crippen LogP contribution is 2.39. The van der Waals surface area contributed by atoms with Crippen LogP contribution in [0.3, 0.4) is 0 Å². The predicted octanol–water partition coefficient (Wildman–Crippen LogP) is 6.17. The summed E-state index contributed by atoms with van der Waals surface area (Å²) in [6.45, 7) is 0. The van der Waals surface area contributed by atoms with Gasteiger partial charge in [-0.2, -0.15) is 0 Å². The monoisotopic (exact) mass is 418 g/mol. The predicted molar refractivity (Wildman–Crippen MR) is 120 cm³/mol. The van der Waals surface area contributed by atoms with Crippen LogP contribution in [-0.4, -0.2) is 21.2 Å². The molecule has 4 rings (SSSR count). The van der Waals surface area contributed by atoms with Crippen LogP contribution in [0, 0.1) is 0 Å². The summed E-state index contributed by atoms with van der Waals surface area (Å²) in [5, 5.41) is 0.464. The summed E-state index contributed by atoms with van der Waals surface area (Å²) < 4.78 is 0. The number of thioether (sulfide) groups is 1. The molecule has 0 aliphatic carbocycles. The second kappa shape index (κ2) is 9.07. The Balaban J connectivity index is 1.94. The van der Waals surface area contributed by atoms with E-state index in [1.807, 2.05) is 36.7 Å². The first-order valence-corrected chi connectivity index (χ1v) is 10.7. The third kappa shape index (κ3) is 4.42. The lowest BCUT2D eigenvalue weighted by atomic mass is 9.98. The standard InChI is InChI=1S/C23H19ClN4S/c1-29-21-8-2-7-19(13-21)28(20-9-10-22(24)27-16-20)23(17-5-3-11-25-14-17)18-6-4-12-26-15-18/h2-16,23H,1H3. The van der Waals surface area contributed by atoms with Gasteiger partial charge in [0.05, 0.1) is 17.9 Å². The summed E-state index contributed by atoms with van der Waals surface area (Å²) in [5.41, 5.74) is 4.11. The molecule has 6 heteroatoms. The zero-order valence-electron chi connectivity index (χ0n) is 15.8. The maximum atomic E-state index is 6.07. The van der Waals surface area contributed by atoms with Crippen molar-refractivity contribution in [2.75, 3.05) is 11.2 Å².